The normalized spacial score (nSPS) is 14.8. The average molecular weight is 548 g/mol. The number of phenolic OH excluding ortho intramolecular Hbond substituents is 1. The van der Waals surface area contributed by atoms with Gasteiger partial charge in [-0.1, -0.05) is 51.3 Å². The molecule has 0 spiro atoms. The van der Waals surface area contributed by atoms with Crippen molar-refractivity contribution in [2.45, 2.75) is 12.5 Å². The van der Waals surface area contributed by atoms with Crippen molar-refractivity contribution >= 4 is 39.1 Å². The lowest BCUT2D eigenvalue weighted by Crippen LogP contribution is -2.21. The van der Waals surface area contributed by atoms with Gasteiger partial charge in [0.15, 0.2) is 11.5 Å². The number of hydrogen-bond acceptors (Lipinski definition) is 6. The largest absolute Gasteiger partial charge is 0.508 e. The molecule has 0 radical (unpaired) electrons. The van der Waals surface area contributed by atoms with Crippen LogP contribution in [0, 0.1) is 11.3 Å². The summed E-state index contributed by atoms with van der Waals surface area (Å²) in [5, 5.41) is 20.7. The van der Waals surface area contributed by atoms with Crippen molar-refractivity contribution in [2.24, 2.45) is 5.73 Å². The molecule has 9 heteroatoms. The SMILES string of the molecule is COc1cc([C@H]2C(C#N)=C(N)Oc3cc(O)ccc32)c(Br)cc1OCc1ccc(Cl)cc1Cl. The number of hydrogen-bond donors (Lipinski definition) is 2. The molecular weight excluding hydrogens is 531 g/mol. The van der Waals surface area contributed by atoms with Crippen LogP contribution in [0.25, 0.3) is 0 Å². The Balaban J connectivity index is 1.74. The Morgan fingerprint density at radius 3 is 2.61 bits per heavy atom. The zero-order valence-electron chi connectivity index (χ0n) is 17.2. The minimum atomic E-state index is -0.539. The quantitative estimate of drug-likeness (QED) is 0.391. The van der Waals surface area contributed by atoms with Gasteiger partial charge in [-0.2, -0.15) is 5.26 Å². The monoisotopic (exact) mass is 546 g/mol. The van der Waals surface area contributed by atoms with Gasteiger partial charge in [0.1, 0.15) is 29.7 Å². The van der Waals surface area contributed by atoms with E-state index >= 15 is 0 Å². The number of aromatic hydroxyl groups is 1. The third kappa shape index (κ3) is 4.55. The Kier molecular flexibility index (Phi) is 6.61. The highest BCUT2D eigenvalue weighted by molar-refractivity contribution is 9.10. The van der Waals surface area contributed by atoms with Crippen LogP contribution in [0.4, 0.5) is 0 Å². The number of halogens is 3. The first kappa shape index (κ1) is 23.1. The van der Waals surface area contributed by atoms with Gasteiger partial charge in [0.2, 0.25) is 5.88 Å². The van der Waals surface area contributed by atoms with Crippen molar-refractivity contribution in [3.05, 3.63) is 91.2 Å². The minimum absolute atomic E-state index is 0.0239. The van der Waals surface area contributed by atoms with Crippen LogP contribution < -0.4 is 19.9 Å². The number of benzene rings is 3. The molecule has 6 nitrogen and oxygen atoms in total. The summed E-state index contributed by atoms with van der Waals surface area (Å²) in [5.41, 5.74) is 8.45. The van der Waals surface area contributed by atoms with E-state index in [1.165, 1.54) is 19.2 Å². The molecule has 1 heterocycles. The molecule has 0 saturated heterocycles. The van der Waals surface area contributed by atoms with E-state index in [1.54, 1.807) is 36.4 Å². The zero-order valence-corrected chi connectivity index (χ0v) is 20.3. The van der Waals surface area contributed by atoms with Gasteiger partial charge in [0, 0.05) is 31.7 Å². The molecule has 0 amide bonds. The molecule has 0 fully saturated rings. The fraction of sp³-hybridized carbons (Fsp3) is 0.125. The third-order valence-corrected chi connectivity index (χ3v) is 6.47. The molecular formula is C24H17BrCl2N2O4. The van der Waals surface area contributed by atoms with Crippen LogP contribution in [0.1, 0.15) is 22.6 Å². The van der Waals surface area contributed by atoms with Crippen molar-refractivity contribution in [2.75, 3.05) is 7.11 Å². The highest BCUT2D eigenvalue weighted by atomic mass is 79.9. The second-order valence-corrected chi connectivity index (χ2v) is 8.89. The van der Waals surface area contributed by atoms with Crippen LogP contribution in [-0.2, 0) is 6.61 Å². The van der Waals surface area contributed by atoms with Gasteiger partial charge >= 0.3 is 0 Å². The highest BCUT2D eigenvalue weighted by Gasteiger charge is 2.33. The summed E-state index contributed by atoms with van der Waals surface area (Å²) in [5.74, 6) is 0.780. The van der Waals surface area contributed by atoms with Gasteiger partial charge in [-0.25, -0.2) is 0 Å². The summed E-state index contributed by atoms with van der Waals surface area (Å²) in [4.78, 5) is 0. The van der Waals surface area contributed by atoms with Gasteiger partial charge < -0.3 is 25.1 Å². The van der Waals surface area contributed by atoms with Crippen LogP contribution >= 0.6 is 39.1 Å². The second kappa shape index (κ2) is 9.44. The van der Waals surface area contributed by atoms with Gasteiger partial charge in [-0.15, -0.1) is 0 Å². The molecule has 0 saturated carbocycles. The van der Waals surface area contributed by atoms with E-state index in [4.69, 9.17) is 43.1 Å². The minimum Gasteiger partial charge on any atom is -0.508 e. The highest BCUT2D eigenvalue weighted by Crippen LogP contribution is 2.47. The smallest absolute Gasteiger partial charge is 0.205 e. The summed E-state index contributed by atoms with van der Waals surface area (Å²) < 4.78 is 17.8. The number of methoxy groups -OCH3 is 1. The Hall–Kier alpha value is -3.05. The van der Waals surface area contributed by atoms with E-state index < -0.39 is 5.92 Å². The summed E-state index contributed by atoms with van der Waals surface area (Å²) in [6.07, 6.45) is 0. The lowest BCUT2D eigenvalue weighted by Gasteiger charge is -2.27. The van der Waals surface area contributed by atoms with Crippen molar-refractivity contribution in [1.82, 2.24) is 0 Å². The number of nitrogens with zero attached hydrogens (tertiary/aromatic N) is 1. The molecule has 3 aromatic carbocycles. The van der Waals surface area contributed by atoms with Gasteiger partial charge in [0.05, 0.1) is 13.0 Å². The van der Waals surface area contributed by atoms with Crippen LogP contribution in [-0.4, -0.2) is 12.2 Å². The van der Waals surface area contributed by atoms with E-state index in [0.717, 1.165) is 11.1 Å². The predicted molar refractivity (Wildman–Crippen MR) is 129 cm³/mol. The van der Waals surface area contributed by atoms with Crippen LogP contribution in [0.15, 0.2) is 64.5 Å². The summed E-state index contributed by atoms with van der Waals surface area (Å²) in [7, 11) is 1.53. The van der Waals surface area contributed by atoms with E-state index in [2.05, 4.69) is 22.0 Å². The molecule has 0 bridgehead atoms. The third-order valence-electron chi connectivity index (χ3n) is 5.19. The van der Waals surface area contributed by atoms with Crippen molar-refractivity contribution in [1.29, 1.82) is 5.26 Å². The average Bonchev–Trinajstić information content (AvgIpc) is 2.77. The molecule has 1 aliphatic heterocycles. The first-order valence-electron chi connectivity index (χ1n) is 9.67. The summed E-state index contributed by atoms with van der Waals surface area (Å²) >= 11 is 15.8. The van der Waals surface area contributed by atoms with Gasteiger partial charge in [0.25, 0.3) is 0 Å². The van der Waals surface area contributed by atoms with E-state index in [0.29, 0.717) is 37.3 Å². The van der Waals surface area contributed by atoms with Gasteiger partial charge in [-0.3, -0.25) is 0 Å². The summed E-state index contributed by atoms with van der Waals surface area (Å²) in [6.45, 7) is 0.202. The Morgan fingerprint density at radius 1 is 1.12 bits per heavy atom. The lowest BCUT2D eigenvalue weighted by molar-refractivity contribution is 0.284. The maximum absolute atomic E-state index is 9.85. The lowest BCUT2D eigenvalue weighted by atomic mass is 9.83. The maximum atomic E-state index is 9.85. The number of ether oxygens (including phenoxy) is 3. The van der Waals surface area contributed by atoms with Gasteiger partial charge in [-0.05, 0) is 35.9 Å². The number of nitrogens with two attached hydrogens (primary N) is 1. The van der Waals surface area contributed by atoms with Crippen molar-refractivity contribution < 1.29 is 19.3 Å². The van der Waals surface area contributed by atoms with E-state index in [-0.39, 0.29) is 23.8 Å². The number of nitriles is 1. The Morgan fingerprint density at radius 2 is 1.91 bits per heavy atom. The molecule has 1 atom stereocenters. The molecule has 4 rings (SSSR count). The zero-order chi connectivity index (χ0) is 23.7. The molecule has 0 aliphatic carbocycles. The fourth-order valence-electron chi connectivity index (χ4n) is 3.60. The number of phenols is 1. The molecule has 0 aromatic heterocycles. The maximum Gasteiger partial charge on any atom is 0.205 e. The molecule has 33 heavy (non-hydrogen) atoms. The van der Waals surface area contributed by atoms with E-state index in [1.807, 2.05) is 0 Å². The summed E-state index contributed by atoms with van der Waals surface area (Å²) in [6, 6.07) is 15.6. The standard InChI is InChI=1S/C24H17BrCl2N2O4/c1-31-21-8-16(18(25)9-22(21)32-11-12-2-3-13(26)6-19(12)27)23-15-5-4-14(30)7-20(15)33-24(29)17(23)10-28/h2-9,23,30H,11,29H2,1H3/t23-/m0/s1. The fourth-order valence-corrected chi connectivity index (χ4v) is 4.62. The van der Waals surface area contributed by atoms with Crippen molar-refractivity contribution in [3.8, 4) is 29.1 Å². The van der Waals surface area contributed by atoms with Crippen LogP contribution in [0.2, 0.25) is 10.0 Å². The van der Waals surface area contributed by atoms with Crippen molar-refractivity contribution in [3.63, 3.8) is 0 Å². The number of fused-ring (bicyclic) bond motifs is 1. The van der Waals surface area contributed by atoms with Crippen LogP contribution in [0.3, 0.4) is 0 Å². The molecule has 168 valence electrons. The molecule has 3 aromatic rings. The topological polar surface area (TPSA) is 97.7 Å². The molecule has 3 N–H and O–H groups in total. The van der Waals surface area contributed by atoms with E-state index in [9.17, 15) is 10.4 Å². The first-order valence-corrected chi connectivity index (χ1v) is 11.2. The molecule has 1 aliphatic rings. The second-order valence-electron chi connectivity index (χ2n) is 7.20. The molecule has 0 unspecified atom stereocenters. The Labute approximate surface area is 208 Å². The Bertz CT molecular complexity index is 1320. The number of allylic oxidation sites excluding steroid dienone is 1. The predicted octanol–water partition coefficient (Wildman–Crippen LogP) is 6.27. The number of rotatable bonds is 5. The first-order chi connectivity index (χ1) is 15.8. The van der Waals surface area contributed by atoms with Crippen LogP contribution in [0.5, 0.6) is 23.0 Å².